The van der Waals surface area contributed by atoms with E-state index in [1.54, 1.807) is 6.92 Å². The van der Waals surface area contributed by atoms with Gasteiger partial charge in [0.2, 0.25) is 0 Å². The highest BCUT2D eigenvalue weighted by Gasteiger charge is 2.70. The molecule has 10 nitrogen and oxygen atoms in total. The van der Waals surface area contributed by atoms with Crippen LogP contribution in [-0.4, -0.2) is 68.1 Å². The van der Waals surface area contributed by atoms with Crippen LogP contribution in [0.1, 0.15) is 13.3 Å². The molecular formula is C18H24O10. The fraction of sp³-hybridized carbons (Fsp3) is 0.667. The number of aliphatic hydroxyl groups is 2. The lowest BCUT2D eigenvalue weighted by molar-refractivity contribution is -0.212. The molecule has 0 heterocycles. The van der Waals surface area contributed by atoms with Gasteiger partial charge in [0.05, 0.1) is 45.8 Å². The number of carbonyl (C=O) groups excluding carboxylic acids is 4. The number of esters is 4. The summed E-state index contributed by atoms with van der Waals surface area (Å²) in [5, 5.41) is 22.4. The largest absolute Gasteiger partial charge is 0.511 e. The third-order valence-corrected chi connectivity index (χ3v) is 5.73. The summed E-state index contributed by atoms with van der Waals surface area (Å²) >= 11 is 0. The first-order chi connectivity index (χ1) is 13.1. The summed E-state index contributed by atoms with van der Waals surface area (Å²) in [6.07, 6.45) is 0.0598. The van der Waals surface area contributed by atoms with Crippen molar-refractivity contribution in [1.29, 1.82) is 0 Å². The smallest absolute Gasteiger partial charge is 0.337 e. The lowest BCUT2D eigenvalue weighted by Crippen LogP contribution is -2.68. The molecule has 6 atom stereocenters. The molecule has 10 heteroatoms. The van der Waals surface area contributed by atoms with E-state index in [1.165, 1.54) is 0 Å². The van der Waals surface area contributed by atoms with E-state index in [0.717, 1.165) is 28.4 Å². The number of hydrogen-bond donors (Lipinski definition) is 2. The van der Waals surface area contributed by atoms with E-state index in [0.29, 0.717) is 0 Å². The van der Waals surface area contributed by atoms with Crippen molar-refractivity contribution in [2.24, 2.45) is 29.6 Å². The minimum absolute atomic E-state index is 0.0598. The second-order valence-electron chi connectivity index (χ2n) is 6.96. The minimum atomic E-state index is -2.43. The quantitative estimate of drug-likeness (QED) is 0.478. The Kier molecular flexibility index (Phi) is 6.03. The Bertz CT molecular complexity index is 726. The van der Waals surface area contributed by atoms with Gasteiger partial charge in [-0.15, -0.1) is 0 Å². The van der Waals surface area contributed by atoms with Gasteiger partial charge in [0.1, 0.15) is 17.3 Å². The van der Waals surface area contributed by atoms with Crippen LogP contribution < -0.4 is 0 Å². The molecule has 2 aliphatic carbocycles. The zero-order chi connectivity index (χ0) is 21.4. The Labute approximate surface area is 161 Å². The molecule has 0 aromatic rings. The Morgan fingerprint density at radius 1 is 0.893 bits per heavy atom. The Balaban J connectivity index is 2.89. The molecule has 0 amide bonds. The molecular weight excluding hydrogens is 376 g/mol. The highest BCUT2D eigenvalue weighted by atomic mass is 16.5. The molecule has 2 N–H and O–H groups in total. The molecule has 0 aromatic heterocycles. The second-order valence-corrected chi connectivity index (χ2v) is 6.96. The molecule has 2 aliphatic rings. The molecule has 1 saturated carbocycles. The predicted octanol–water partition coefficient (Wildman–Crippen LogP) is -0.260. The van der Waals surface area contributed by atoms with Crippen molar-refractivity contribution in [1.82, 2.24) is 0 Å². The molecule has 0 aromatic carbocycles. The first kappa shape index (κ1) is 21.7. The summed E-state index contributed by atoms with van der Waals surface area (Å²) < 4.78 is 19.0. The van der Waals surface area contributed by atoms with Gasteiger partial charge in [-0.05, 0) is 12.3 Å². The zero-order valence-electron chi connectivity index (χ0n) is 16.3. The van der Waals surface area contributed by atoms with Crippen LogP contribution in [-0.2, 0) is 38.1 Å². The monoisotopic (exact) mass is 400 g/mol. The first-order valence-electron chi connectivity index (χ1n) is 8.58. The van der Waals surface area contributed by atoms with Gasteiger partial charge in [-0.25, -0.2) is 4.79 Å². The van der Waals surface area contributed by atoms with Gasteiger partial charge in [-0.3, -0.25) is 14.4 Å². The SMILES string of the molecule is COC(=O)C1=C(O)[C@@H](C(=O)OC)[C@]2(O)[C@H](C(=O)OC)[C@H](C)C[C@H]1[C@@H]2C(=O)OC. The summed E-state index contributed by atoms with van der Waals surface area (Å²) in [6.45, 7) is 1.61. The fourth-order valence-corrected chi connectivity index (χ4v) is 4.66. The van der Waals surface area contributed by atoms with Crippen molar-refractivity contribution in [3.63, 3.8) is 0 Å². The molecule has 0 aliphatic heterocycles. The topological polar surface area (TPSA) is 146 Å². The summed E-state index contributed by atoms with van der Waals surface area (Å²) in [7, 11) is 4.26. The fourth-order valence-electron chi connectivity index (χ4n) is 4.66. The van der Waals surface area contributed by atoms with Crippen molar-refractivity contribution < 1.29 is 48.3 Å². The number of ether oxygens (including phenoxy) is 4. The highest BCUT2D eigenvalue weighted by Crippen LogP contribution is 2.57. The molecule has 2 rings (SSSR count). The van der Waals surface area contributed by atoms with Crippen LogP contribution in [0.2, 0.25) is 0 Å². The normalized spacial score (nSPS) is 34.3. The van der Waals surface area contributed by atoms with Crippen LogP contribution in [0.15, 0.2) is 11.3 Å². The van der Waals surface area contributed by atoms with Crippen molar-refractivity contribution >= 4 is 23.9 Å². The van der Waals surface area contributed by atoms with Crippen LogP contribution in [0.3, 0.4) is 0 Å². The Morgan fingerprint density at radius 2 is 1.39 bits per heavy atom. The maximum Gasteiger partial charge on any atom is 0.337 e. The van der Waals surface area contributed by atoms with Crippen molar-refractivity contribution in [2.75, 3.05) is 28.4 Å². The standard InChI is InChI=1S/C18H24O10/c1-7-6-8-9(14(20)25-2)13(19)12(17(23)28-5)18(24,10(7)15(21)26-3)11(8)16(22)27-4/h7-8,10-12,19,24H,6H2,1-5H3/t7-,8-,10+,11-,12+,18+/m1/s1. The summed E-state index contributed by atoms with van der Waals surface area (Å²) in [5.41, 5.74) is -2.76. The van der Waals surface area contributed by atoms with Crippen molar-refractivity contribution in [2.45, 2.75) is 18.9 Å². The number of hydrogen-bond acceptors (Lipinski definition) is 10. The van der Waals surface area contributed by atoms with Gasteiger partial charge < -0.3 is 29.2 Å². The third-order valence-electron chi connectivity index (χ3n) is 5.73. The molecule has 0 saturated heterocycles. The summed E-state index contributed by atoms with van der Waals surface area (Å²) in [6, 6.07) is 0. The van der Waals surface area contributed by atoms with Gasteiger partial charge in [0, 0.05) is 5.92 Å². The third kappa shape index (κ3) is 2.92. The van der Waals surface area contributed by atoms with E-state index >= 15 is 0 Å². The number of fused-ring (bicyclic) bond motifs is 2. The average molecular weight is 400 g/mol. The van der Waals surface area contributed by atoms with E-state index in [9.17, 15) is 29.4 Å². The Morgan fingerprint density at radius 3 is 1.86 bits per heavy atom. The molecule has 0 spiro atoms. The van der Waals surface area contributed by atoms with E-state index in [-0.39, 0.29) is 12.0 Å². The number of methoxy groups -OCH3 is 4. The van der Waals surface area contributed by atoms with Gasteiger partial charge >= 0.3 is 23.9 Å². The van der Waals surface area contributed by atoms with E-state index in [1.807, 2.05) is 0 Å². The molecule has 2 bridgehead atoms. The number of aliphatic hydroxyl groups excluding tert-OH is 1. The average Bonchev–Trinajstić information content (AvgIpc) is 2.65. The van der Waals surface area contributed by atoms with Gasteiger partial charge in [-0.2, -0.15) is 0 Å². The predicted molar refractivity (Wildman–Crippen MR) is 90.4 cm³/mol. The van der Waals surface area contributed by atoms with Gasteiger partial charge in [-0.1, -0.05) is 6.92 Å². The summed E-state index contributed by atoms with van der Waals surface area (Å²) in [4.78, 5) is 50.0. The molecule has 0 radical (unpaired) electrons. The van der Waals surface area contributed by atoms with E-state index in [2.05, 4.69) is 4.74 Å². The van der Waals surface area contributed by atoms with E-state index < -0.39 is 64.8 Å². The van der Waals surface area contributed by atoms with Crippen LogP contribution in [0.25, 0.3) is 0 Å². The summed E-state index contributed by atoms with van der Waals surface area (Å²) in [5.74, 6) is -11.1. The van der Waals surface area contributed by atoms with Gasteiger partial charge in [0.15, 0.2) is 0 Å². The van der Waals surface area contributed by atoms with Crippen molar-refractivity contribution in [3.05, 3.63) is 11.3 Å². The second kappa shape index (κ2) is 7.78. The van der Waals surface area contributed by atoms with Crippen LogP contribution in [0.4, 0.5) is 0 Å². The Hall–Kier alpha value is -2.62. The molecule has 156 valence electrons. The lowest BCUT2D eigenvalue weighted by atomic mass is 9.50. The van der Waals surface area contributed by atoms with Crippen LogP contribution in [0, 0.1) is 29.6 Å². The number of rotatable bonds is 4. The number of carbonyl (C=O) groups is 4. The maximum absolute atomic E-state index is 12.6. The first-order valence-corrected chi connectivity index (χ1v) is 8.58. The van der Waals surface area contributed by atoms with E-state index in [4.69, 9.17) is 14.2 Å². The van der Waals surface area contributed by atoms with Crippen molar-refractivity contribution in [3.8, 4) is 0 Å². The molecule has 1 fully saturated rings. The maximum atomic E-state index is 12.6. The highest BCUT2D eigenvalue weighted by molar-refractivity contribution is 5.95. The minimum Gasteiger partial charge on any atom is -0.511 e. The van der Waals surface area contributed by atoms with Crippen LogP contribution >= 0.6 is 0 Å². The van der Waals surface area contributed by atoms with Gasteiger partial charge in [0.25, 0.3) is 0 Å². The molecule has 28 heavy (non-hydrogen) atoms. The lowest BCUT2D eigenvalue weighted by Gasteiger charge is -2.54. The zero-order valence-corrected chi connectivity index (χ0v) is 16.3. The van der Waals surface area contributed by atoms with Crippen LogP contribution in [0.5, 0.6) is 0 Å². The molecule has 0 unspecified atom stereocenters.